The van der Waals surface area contributed by atoms with Crippen molar-refractivity contribution in [1.29, 1.82) is 0 Å². The first-order valence-corrected chi connectivity index (χ1v) is 8.41. The fourth-order valence-corrected chi connectivity index (χ4v) is 3.02. The van der Waals surface area contributed by atoms with Gasteiger partial charge in [-0.25, -0.2) is 0 Å². The molecule has 2 rings (SSSR count). The molecule has 2 aromatic rings. The van der Waals surface area contributed by atoms with Crippen LogP contribution in [0.15, 0.2) is 47.4 Å². The number of halogens is 1. The van der Waals surface area contributed by atoms with E-state index in [1.54, 1.807) is 12.1 Å². The minimum Gasteiger partial charge on any atom is -0.377 e. The highest BCUT2D eigenvalue weighted by atomic mass is 35.5. The molecule has 2 aromatic carbocycles. The Bertz CT molecular complexity index is 820. The summed E-state index contributed by atoms with van der Waals surface area (Å²) >= 11 is 5.97. The summed E-state index contributed by atoms with van der Waals surface area (Å²) in [5.74, 6) is -0.318. The Morgan fingerprint density at radius 1 is 1.22 bits per heavy atom. The van der Waals surface area contributed by atoms with Crippen molar-refractivity contribution in [3.8, 4) is 5.75 Å². The van der Waals surface area contributed by atoms with Gasteiger partial charge in [-0.3, -0.25) is 4.79 Å². The van der Waals surface area contributed by atoms with Gasteiger partial charge in [0.2, 0.25) is 5.91 Å². The van der Waals surface area contributed by atoms with Crippen LogP contribution >= 0.6 is 11.6 Å². The molecule has 0 aromatic heterocycles. The molecule has 0 atom stereocenters. The Labute approximate surface area is 139 Å². The van der Waals surface area contributed by atoms with Gasteiger partial charge in [0.1, 0.15) is 4.90 Å². The van der Waals surface area contributed by atoms with Gasteiger partial charge in [-0.15, -0.1) is 0 Å². The van der Waals surface area contributed by atoms with Gasteiger partial charge in [0.05, 0.1) is 11.6 Å². The average molecular weight is 355 g/mol. The number of nitrogens with two attached hydrogens (primary N) is 1. The van der Waals surface area contributed by atoms with Gasteiger partial charge in [0.25, 0.3) is 0 Å². The molecular weight excluding hydrogens is 340 g/mol. The van der Waals surface area contributed by atoms with Crippen LogP contribution in [-0.4, -0.2) is 20.9 Å². The summed E-state index contributed by atoms with van der Waals surface area (Å²) in [6.07, 6.45) is 0. The van der Waals surface area contributed by atoms with Crippen molar-refractivity contribution in [2.45, 2.75) is 11.8 Å². The number of nitrogens with one attached hydrogen (secondary N) is 1. The first kappa shape index (κ1) is 17.3. The van der Waals surface area contributed by atoms with E-state index in [4.69, 9.17) is 21.5 Å². The summed E-state index contributed by atoms with van der Waals surface area (Å²) in [6, 6.07) is 10.3. The van der Waals surface area contributed by atoms with E-state index in [9.17, 15) is 13.2 Å². The molecule has 0 fully saturated rings. The van der Waals surface area contributed by atoms with Crippen LogP contribution in [0.25, 0.3) is 0 Å². The highest BCUT2D eigenvalue weighted by molar-refractivity contribution is 7.87. The lowest BCUT2D eigenvalue weighted by Crippen LogP contribution is -2.21. The lowest BCUT2D eigenvalue weighted by Gasteiger charge is -2.10. The number of carbonyl (C=O) groups is 1. The Morgan fingerprint density at radius 3 is 2.43 bits per heavy atom. The largest absolute Gasteiger partial charge is 0.377 e. The minimum atomic E-state index is -4.02. The number of carbonyl (C=O) groups excluding carboxylic acids is 1. The highest BCUT2D eigenvalue weighted by Crippen LogP contribution is 2.28. The first-order valence-electron chi connectivity index (χ1n) is 6.62. The van der Waals surface area contributed by atoms with Crippen LogP contribution in [0.2, 0.25) is 5.02 Å². The summed E-state index contributed by atoms with van der Waals surface area (Å²) in [6.45, 7) is 1.67. The van der Waals surface area contributed by atoms with E-state index in [0.717, 1.165) is 5.56 Å². The quantitative estimate of drug-likeness (QED) is 0.803. The van der Waals surface area contributed by atoms with E-state index < -0.39 is 10.1 Å². The summed E-state index contributed by atoms with van der Waals surface area (Å²) in [5, 5.41) is 2.72. The van der Waals surface area contributed by atoms with Crippen LogP contribution in [0, 0.1) is 6.92 Å². The normalized spacial score (nSPS) is 11.1. The van der Waals surface area contributed by atoms with E-state index >= 15 is 0 Å². The second-order valence-corrected chi connectivity index (χ2v) is 6.70. The monoisotopic (exact) mass is 354 g/mol. The standard InChI is InChI=1S/C15H15ClN2O4S/c1-10-2-7-14(13(16)8-10)22-23(20,21)12-5-3-11(4-6-12)18-15(19)9-17/h2-8H,9,17H2,1H3,(H,18,19). The third-order valence-electron chi connectivity index (χ3n) is 2.90. The topological polar surface area (TPSA) is 98.5 Å². The molecule has 0 spiro atoms. The van der Waals surface area contributed by atoms with Gasteiger partial charge in [-0.05, 0) is 48.9 Å². The van der Waals surface area contributed by atoms with Crippen LogP contribution < -0.4 is 15.2 Å². The Morgan fingerprint density at radius 2 is 1.87 bits per heavy atom. The molecule has 0 aliphatic heterocycles. The van der Waals surface area contributed by atoms with Crippen molar-refractivity contribution < 1.29 is 17.4 Å². The molecule has 3 N–H and O–H groups in total. The zero-order chi connectivity index (χ0) is 17.0. The van der Waals surface area contributed by atoms with Gasteiger partial charge in [0, 0.05) is 5.69 Å². The zero-order valence-corrected chi connectivity index (χ0v) is 13.8. The molecule has 0 radical (unpaired) electrons. The van der Waals surface area contributed by atoms with Gasteiger partial charge >= 0.3 is 10.1 Å². The molecule has 0 bridgehead atoms. The van der Waals surface area contributed by atoms with E-state index in [1.165, 1.54) is 30.3 Å². The fourth-order valence-electron chi connectivity index (χ4n) is 1.76. The first-order chi connectivity index (χ1) is 10.8. The molecule has 0 saturated carbocycles. The third-order valence-corrected chi connectivity index (χ3v) is 4.44. The number of rotatable bonds is 5. The maximum Gasteiger partial charge on any atom is 0.339 e. The molecule has 6 nitrogen and oxygen atoms in total. The average Bonchev–Trinajstić information content (AvgIpc) is 2.50. The summed E-state index contributed by atoms with van der Waals surface area (Å²) < 4.78 is 29.5. The van der Waals surface area contributed by atoms with Crippen molar-refractivity contribution in [2.75, 3.05) is 11.9 Å². The van der Waals surface area contributed by atoms with Crippen LogP contribution in [0.1, 0.15) is 5.56 Å². The molecule has 1 amide bonds. The summed E-state index contributed by atoms with van der Waals surface area (Å²) in [4.78, 5) is 11.1. The van der Waals surface area contributed by atoms with Crippen LogP contribution in [0.3, 0.4) is 0 Å². The SMILES string of the molecule is Cc1ccc(OS(=O)(=O)c2ccc(NC(=O)CN)cc2)c(Cl)c1. The van der Waals surface area contributed by atoms with Crippen molar-refractivity contribution in [3.63, 3.8) is 0 Å². The third kappa shape index (κ3) is 4.44. The molecule has 0 saturated heterocycles. The molecule has 0 unspecified atom stereocenters. The second kappa shape index (κ2) is 6.99. The number of anilines is 1. The number of amides is 1. The van der Waals surface area contributed by atoms with Crippen LogP contribution in [-0.2, 0) is 14.9 Å². The van der Waals surface area contributed by atoms with E-state index in [1.807, 2.05) is 6.92 Å². The van der Waals surface area contributed by atoms with Crippen LogP contribution in [0.5, 0.6) is 5.75 Å². The predicted octanol–water partition coefficient (Wildman–Crippen LogP) is 2.31. The molecule has 23 heavy (non-hydrogen) atoms. The Kier molecular flexibility index (Phi) is 5.25. The Hall–Kier alpha value is -2.09. The predicted molar refractivity (Wildman–Crippen MR) is 88.1 cm³/mol. The number of hydrogen-bond donors (Lipinski definition) is 2. The molecule has 122 valence electrons. The molecule has 8 heteroatoms. The van der Waals surface area contributed by atoms with Gasteiger partial charge in [0.15, 0.2) is 5.75 Å². The molecule has 0 heterocycles. The number of aryl methyl sites for hydroxylation is 1. The van der Waals surface area contributed by atoms with E-state index in [-0.39, 0.29) is 28.1 Å². The summed E-state index contributed by atoms with van der Waals surface area (Å²) in [5.41, 5.74) is 6.52. The maximum absolute atomic E-state index is 12.2. The molecular formula is C15H15ClN2O4S. The molecule has 0 aliphatic rings. The highest BCUT2D eigenvalue weighted by Gasteiger charge is 2.18. The van der Waals surface area contributed by atoms with Gasteiger partial charge < -0.3 is 15.2 Å². The van der Waals surface area contributed by atoms with Crippen molar-refractivity contribution in [3.05, 3.63) is 53.1 Å². The van der Waals surface area contributed by atoms with Gasteiger partial charge in [-0.2, -0.15) is 8.42 Å². The van der Waals surface area contributed by atoms with Crippen molar-refractivity contribution in [2.24, 2.45) is 5.73 Å². The van der Waals surface area contributed by atoms with E-state index in [2.05, 4.69) is 5.32 Å². The van der Waals surface area contributed by atoms with E-state index in [0.29, 0.717) is 5.69 Å². The smallest absolute Gasteiger partial charge is 0.339 e. The zero-order valence-electron chi connectivity index (χ0n) is 12.2. The van der Waals surface area contributed by atoms with Crippen molar-refractivity contribution in [1.82, 2.24) is 0 Å². The Balaban J connectivity index is 2.20. The van der Waals surface area contributed by atoms with Crippen molar-refractivity contribution >= 4 is 33.3 Å². The second-order valence-electron chi connectivity index (χ2n) is 4.75. The lowest BCUT2D eigenvalue weighted by molar-refractivity contribution is -0.114. The van der Waals surface area contributed by atoms with Crippen LogP contribution in [0.4, 0.5) is 5.69 Å². The summed E-state index contributed by atoms with van der Waals surface area (Å²) in [7, 11) is -4.02. The minimum absolute atomic E-state index is 0.0535. The molecule has 0 aliphatic carbocycles. The lowest BCUT2D eigenvalue weighted by atomic mass is 10.2. The number of benzene rings is 2. The number of hydrogen-bond acceptors (Lipinski definition) is 5. The fraction of sp³-hybridized carbons (Fsp3) is 0.133. The van der Waals surface area contributed by atoms with Gasteiger partial charge in [-0.1, -0.05) is 17.7 Å². The maximum atomic E-state index is 12.2.